The molecule has 0 saturated heterocycles. The molecule has 32 heavy (non-hydrogen) atoms. The van der Waals surface area contributed by atoms with E-state index in [0.717, 1.165) is 16.9 Å². The zero-order chi connectivity index (χ0) is 22.5. The molecule has 0 radical (unpaired) electrons. The molecular weight excluding hydrogens is 431 g/mol. The van der Waals surface area contributed by atoms with Crippen LogP contribution in [0.15, 0.2) is 76.5 Å². The summed E-state index contributed by atoms with van der Waals surface area (Å²) in [5.41, 5.74) is 3.00. The van der Waals surface area contributed by atoms with Crippen molar-refractivity contribution in [1.82, 2.24) is 9.97 Å². The van der Waals surface area contributed by atoms with E-state index in [1.807, 2.05) is 6.92 Å². The molecule has 1 aliphatic heterocycles. The fourth-order valence-corrected chi connectivity index (χ4v) is 5.38. The number of nitrogens with one attached hydrogen (secondary N) is 3. The zero-order valence-electron chi connectivity index (χ0n) is 16.8. The van der Waals surface area contributed by atoms with Gasteiger partial charge < -0.3 is 15.6 Å². The van der Waals surface area contributed by atoms with Gasteiger partial charge >= 0.3 is 0 Å². The van der Waals surface area contributed by atoms with E-state index in [2.05, 4.69) is 20.6 Å². The van der Waals surface area contributed by atoms with Gasteiger partial charge in [-0.25, -0.2) is 17.8 Å². The molecule has 7 nitrogen and oxygen atoms in total. The standard InChI is InChI=1S/C23H17FN4O3S/c1-13-25-18-11-10-16(12-19(18)26-13)27-21-17-4-2-3-5-20(17)32(30,31)22(21)23(29)28-15-8-6-14(24)7-9-15/h2-12,27H,1H3,(H,25,26)(H,28,29). The minimum Gasteiger partial charge on any atom is -0.354 e. The Balaban J connectivity index is 1.60. The Hall–Kier alpha value is -3.98. The fraction of sp³-hybridized carbons (Fsp3) is 0.0435. The summed E-state index contributed by atoms with van der Waals surface area (Å²) < 4.78 is 39.7. The highest BCUT2D eigenvalue weighted by atomic mass is 32.2. The van der Waals surface area contributed by atoms with E-state index in [-0.39, 0.29) is 16.3 Å². The normalized spacial score (nSPS) is 14.4. The monoisotopic (exact) mass is 448 g/mol. The van der Waals surface area contributed by atoms with Gasteiger partial charge in [0.2, 0.25) is 9.84 Å². The number of hydrogen-bond acceptors (Lipinski definition) is 5. The van der Waals surface area contributed by atoms with Gasteiger partial charge in [-0.15, -0.1) is 0 Å². The second kappa shape index (κ2) is 7.31. The Morgan fingerprint density at radius 3 is 2.50 bits per heavy atom. The van der Waals surface area contributed by atoms with Gasteiger partial charge in [-0.1, -0.05) is 18.2 Å². The summed E-state index contributed by atoms with van der Waals surface area (Å²) in [6.45, 7) is 1.84. The number of amides is 1. The van der Waals surface area contributed by atoms with Crippen molar-refractivity contribution in [2.24, 2.45) is 0 Å². The third kappa shape index (κ3) is 3.32. The number of hydrogen-bond donors (Lipinski definition) is 3. The van der Waals surface area contributed by atoms with Crippen molar-refractivity contribution in [3.63, 3.8) is 0 Å². The number of fused-ring (bicyclic) bond motifs is 2. The summed E-state index contributed by atoms with van der Waals surface area (Å²) in [6, 6.07) is 16.9. The highest BCUT2D eigenvalue weighted by Gasteiger charge is 2.40. The number of benzene rings is 3. The molecule has 0 bridgehead atoms. The van der Waals surface area contributed by atoms with Crippen molar-refractivity contribution < 1.29 is 17.6 Å². The summed E-state index contributed by atoms with van der Waals surface area (Å²) in [5.74, 6) is -0.520. The van der Waals surface area contributed by atoms with E-state index in [1.54, 1.807) is 36.4 Å². The first-order valence-corrected chi connectivity index (χ1v) is 11.2. The molecule has 2 heterocycles. The largest absolute Gasteiger partial charge is 0.354 e. The first kappa shape index (κ1) is 20.0. The third-order valence-electron chi connectivity index (χ3n) is 5.12. The predicted molar refractivity (Wildman–Crippen MR) is 120 cm³/mol. The number of rotatable bonds is 4. The lowest BCUT2D eigenvalue weighted by atomic mass is 10.1. The molecule has 3 aromatic carbocycles. The van der Waals surface area contributed by atoms with Crippen LogP contribution in [0, 0.1) is 12.7 Å². The van der Waals surface area contributed by atoms with Crippen LogP contribution in [0.4, 0.5) is 15.8 Å². The quantitative estimate of drug-likeness (QED) is 0.434. The number of aromatic nitrogens is 2. The lowest BCUT2D eigenvalue weighted by Crippen LogP contribution is -2.20. The molecule has 0 fully saturated rings. The van der Waals surface area contributed by atoms with E-state index >= 15 is 0 Å². The van der Waals surface area contributed by atoms with Crippen LogP contribution < -0.4 is 10.6 Å². The highest BCUT2D eigenvalue weighted by molar-refractivity contribution is 7.97. The molecule has 0 unspecified atom stereocenters. The van der Waals surface area contributed by atoms with Crippen LogP contribution in [0.5, 0.6) is 0 Å². The fourth-order valence-electron chi connectivity index (χ4n) is 3.71. The van der Waals surface area contributed by atoms with Gasteiger partial charge in [-0.3, -0.25) is 4.79 Å². The van der Waals surface area contributed by atoms with E-state index < -0.39 is 26.5 Å². The Labute approximate surface area is 182 Å². The smallest absolute Gasteiger partial charge is 0.269 e. The van der Waals surface area contributed by atoms with E-state index in [9.17, 15) is 17.6 Å². The van der Waals surface area contributed by atoms with Crippen molar-refractivity contribution in [1.29, 1.82) is 0 Å². The topological polar surface area (TPSA) is 104 Å². The minimum atomic E-state index is -4.07. The molecule has 3 N–H and O–H groups in total. The number of imidazole rings is 1. The summed E-state index contributed by atoms with van der Waals surface area (Å²) >= 11 is 0. The summed E-state index contributed by atoms with van der Waals surface area (Å²) in [6.07, 6.45) is 0. The third-order valence-corrected chi connectivity index (χ3v) is 6.98. The Morgan fingerprint density at radius 2 is 1.72 bits per heavy atom. The Kier molecular flexibility index (Phi) is 4.56. The molecule has 9 heteroatoms. The van der Waals surface area contributed by atoms with E-state index in [4.69, 9.17) is 0 Å². The van der Waals surface area contributed by atoms with Gasteiger partial charge in [-0.2, -0.15) is 0 Å². The maximum atomic E-state index is 13.3. The number of aryl methyl sites for hydroxylation is 1. The number of nitrogens with zero attached hydrogens (tertiary/aromatic N) is 1. The predicted octanol–water partition coefficient (Wildman–Crippen LogP) is 4.22. The number of carbonyl (C=O) groups is 1. The molecule has 0 atom stereocenters. The van der Waals surface area contributed by atoms with Gasteiger partial charge in [0.25, 0.3) is 5.91 Å². The summed E-state index contributed by atoms with van der Waals surface area (Å²) in [7, 11) is -4.07. The zero-order valence-corrected chi connectivity index (χ0v) is 17.6. The molecule has 4 aromatic rings. The summed E-state index contributed by atoms with van der Waals surface area (Å²) in [5, 5.41) is 5.66. The molecule has 1 amide bonds. The van der Waals surface area contributed by atoms with Gasteiger partial charge in [0, 0.05) is 16.9 Å². The first-order chi connectivity index (χ1) is 15.3. The van der Waals surface area contributed by atoms with Crippen LogP contribution in [-0.4, -0.2) is 24.3 Å². The Bertz CT molecular complexity index is 1520. The molecule has 160 valence electrons. The van der Waals surface area contributed by atoms with E-state index in [0.29, 0.717) is 11.3 Å². The van der Waals surface area contributed by atoms with E-state index in [1.165, 1.54) is 30.3 Å². The summed E-state index contributed by atoms with van der Waals surface area (Å²) in [4.78, 5) is 20.2. The van der Waals surface area contributed by atoms with Gasteiger partial charge in [0.1, 0.15) is 11.6 Å². The van der Waals surface area contributed by atoms with Crippen LogP contribution in [-0.2, 0) is 14.6 Å². The van der Waals surface area contributed by atoms with Crippen molar-refractivity contribution in [3.05, 3.63) is 88.8 Å². The number of anilines is 2. The van der Waals surface area contributed by atoms with Gasteiger partial charge in [0.05, 0.1) is 21.6 Å². The molecule has 0 saturated carbocycles. The maximum absolute atomic E-state index is 13.3. The molecule has 5 rings (SSSR count). The van der Waals surface area contributed by atoms with Crippen molar-refractivity contribution in [3.8, 4) is 0 Å². The molecule has 1 aliphatic rings. The van der Waals surface area contributed by atoms with Crippen molar-refractivity contribution in [2.75, 3.05) is 10.6 Å². The van der Waals surface area contributed by atoms with Gasteiger partial charge in [0.15, 0.2) is 4.91 Å². The molecular formula is C23H17FN4O3S. The number of H-pyrrole nitrogens is 1. The van der Waals surface area contributed by atoms with Crippen molar-refractivity contribution in [2.45, 2.75) is 11.8 Å². The molecule has 0 aliphatic carbocycles. The maximum Gasteiger partial charge on any atom is 0.269 e. The SMILES string of the molecule is Cc1nc2ccc(NC3=C(C(=O)Nc4ccc(F)cc4)S(=O)(=O)c4ccccc43)cc2[nH]1. The van der Waals surface area contributed by atoms with Gasteiger partial charge in [-0.05, 0) is 55.5 Å². The minimum absolute atomic E-state index is 0.0465. The van der Waals surface area contributed by atoms with Crippen LogP contribution in [0.1, 0.15) is 11.4 Å². The first-order valence-electron chi connectivity index (χ1n) is 9.72. The Morgan fingerprint density at radius 1 is 1.00 bits per heavy atom. The van der Waals surface area contributed by atoms with Crippen LogP contribution in [0.25, 0.3) is 16.7 Å². The van der Waals surface area contributed by atoms with Crippen molar-refractivity contribution >= 4 is 43.8 Å². The average Bonchev–Trinajstić information content (AvgIpc) is 3.23. The molecule has 1 aromatic heterocycles. The average molecular weight is 448 g/mol. The lowest BCUT2D eigenvalue weighted by Gasteiger charge is -2.11. The number of sulfone groups is 1. The lowest BCUT2D eigenvalue weighted by molar-refractivity contribution is -0.112. The number of halogens is 1. The molecule has 0 spiro atoms. The van der Waals surface area contributed by atoms with Crippen LogP contribution in [0.2, 0.25) is 0 Å². The second-order valence-corrected chi connectivity index (χ2v) is 9.20. The number of aromatic amines is 1. The van der Waals surface area contributed by atoms with Crippen LogP contribution >= 0.6 is 0 Å². The number of carbonyl (C=O) groups excluding carboxylic acids is 1. The van der Waals surface area contributed by atoms with Crippen LogP contribution in [0.3, 0.4) is 0 Å². The highest BCUT2D eigenvalue weighted by Crippen LogP contribution is 2.40. The second-order valence-electron chi connectivity index (χ2n) is 7.34.